The van der Waals surface area contributed by atoms with Gasteiger partial charge in [-0.3, -0.25) is 9.11 Å². The Kier molecular flexibility index (Phi) is 4.54. The Labute approximate surface area is 154 Å². The number of nitrogens with one attached hydrogen (secondary N) is 1. The summed E-state index contributed by atoms with van der Waals surface area (Å²) in [5.41, 5.74) is 4.36. The summed E-state index contributed by atoms with van der Waals surface area (Å²) < 4.78 is 21.7. The maximum absolute atomic E-state index is 9.88. The summed E-state index contributed by atoms with van der Waals surface area (Å²) in [6.07, 6.45) is 3.75. The Hall–Kier alpha value is -1.84. The molecule has 9 heteroatoms. The number of pyridine rings is 1. The van der Waals surface area contributed by atoms with Crippen molar-refractivity contribution >= 4 is 33.0 Å². The molecular formula is C17H23N5O3S. The van der Waals surface area contributed by atoms with E-state index in [2.05, 4.69) is 27.2 Å². The topological polar surface area (TPSA) is 105 Å². The molecule has 8 nitrogen and oxygen atoms in total. The molecule has 4 heterocycles. The molecule has 2 aliphatic rings. The fraction of sp³-hybridized carbons (Fsp3) is 0.529. The van der Waals surface area contributed by atoms with Crippen LogP contribution in [0.2, 0.25) is 0 Å². The van der Waals surface area contributed by atoms with Crippen LogP contribution in [-0.4, -0.2) is 47.1 Å². The highest BCUT2D eigenvalue weighted by Crippen LogP contribution is 2.45. The average Bonchev–Trinajstić information content (AvgIpc) is 3.25. The zero-order valence-corrected chi connectivity index (χ0v) is 15.7. The largest absolute Gasteiger partial charge is 0.381 e. The van der Waals surface area contributed by atoms with E-state index < -0.39 is 10.6 Å². The van der Waals surface area contributed by atoms with E-state index in [1.807, 2.05) is 24.7 Å². The normalized spacial score (nSPS) is 21.5. The zero-order valence-electron chi connectivity index (χ0n) is 14.9. The van der Waals surface area contributed by atoms with Gasteiger partial charge >= 0.3 is 0 Å². The Balaban J connectivity index is 1.76. The summed E-state index contributed by atoms with van der Waals surface area (Å²) in [4.78, 5) is 9.57. The minimum atomic E-state index is -2.41. The second-order valence-corrected chi connectivity index (χ2v) is 9.15. The monoisotopic (exact) mass is 377 g/mol. The van der Waals surface area contributed by atoms with Gasteiger partial charge in [0.05, 0.1) is 22.5 Å². The summed E-state index contributed by atoms with van der Waals surface area (Å²) >= 11 is 0. The third-order valence-corrected chi connectivity index (χ3v) is 6.72. The average molecular weight is 377 g/mol. The second-order valence-electron chi connectivity index (χ2n) is 6.73. The molecule has 0 aliphatic carbocycles. The zero-order chi connectivity index (χ0) is 18.3. The van der Waals surface area contributed by atoms with Gasteiger partial charge in [-0.15, -0.1) is 0 Å². The van der Waals surface area contributed by atoms with Gasteiger partial charge in [0.1, 0.15) is 0 Å². The van der Waals surface area contributed by atoms with Crippen molar-refractivity contribution < 1.29 is 13.9 Å². The van der Waals surface area contributed by atoms with Crippen LogP contribution in [0.5, 0.6) is 0 Å². The van der Waals surface area contributed by atoms with Crippen LogP contribution in [0.4, 0.5) is 5.69 Å². The van der Waals surface area contributed by atoms with Gasteiger partial charge in [-0.1, -0.05) is 5.16 Å². The van der Waals surface area contributed by atoms with Gasteiger partial charge in [0.25, 0.3) is 0 Å². The smallest absolute Gasteiger partial charge is 0.236 e. The van der Waals surface area contributed by atoms with E-state index in [1.54, 1.807) is 0 Å². The molecular weight excluding hydrogens is 354 g/mol. The Bertz CT molecular complexity index is 854. The lowest BCUT2D eigenvalue weighted by Gasteiger charge is -2.39. The molecule has 26 heavy (non-hydrogen) atoms. The van der Waals surface area contributed by atoms with Crippen molar-refractivity contribution in [3.63, 3.8) is 0 Å². The molecule has 0 bridgehead atoms. The second kappa shape index (κ2) is 6.71. The SMILES string of the molecule is CCn1nc(C)c2c(NC3CCS(O)(O)CC3)c(C3=NO[C]C3)cnc21. The lowest BCUT2D eigenvalue weighted by atomic mass is 10.0. The van der Waals surface area contributed by atoms with Crippen LogP contribution in [0.25, 0.3) is 11.0 Å². The van der Waals surface area contributed by atoms with Crippen LogP contribution in [0.3, 0.4) is 0 Å². The fourth-order valence-corrected chi connectivity index (χ4v) is 5.06. The quantitative estimate of drug-likeness (QED) is 0.755. The summed E-state index contributed by atoms with van der Waals surface area (Å²) in [5, 5.41) is 13.3. The van der Waals surface area contributed by atoms with Crippen LogP contribution in [0.1, 0.15) is 37.4 Å². The van der Waals surface area contributed by atoms with Crippen LogP contribution in [-0.2, 0) is 11.4 Å². The molecule has 2 aliphatic heterocycles. The third-order valence-electron chi connectivity index (χ3n) is 4.94. The van der Waals surface area contributed by atoms with Crippen LogP contribution in [0, 0.1) is 13.5 Å². The summed E-state index contributed by atoms with van der Waals surface area (Å²) in [6, 6.07) is 0.166. The lowest BCUT2D eigenvalue weighted by molar-refractivity contribution is 0.234. The molecule has 4 rings (SSSR count). The van der Waals surface area contributed by atoms with E-state index in [0.29, 0.717) is 30.8 Å². The van der Waals surface area contributed by atoms with Gasteiger partial charge in [0, 0.05) is 42.3 Å². The van der Waals surface area contributed by atoms with Crippen molar-refractivity contribution in [1.29, 1.82) is 0 Å². The predicted molar refractivity (Wildman–Crippen MR) is 103 cm³/mol. The van der Waals surface area contributed by atoms with E-state index in [9.17, 15) is 9.11 Å². The Morgan fingerprint density at radius 1 is 1.38 bits per heavy atom. The Morgan fingerprint density at radius 3 is 2.81 bits per heavy atom. The van der Waals surface area contributed by atoms with Crippen LogP contribution < -0.4 is 5.32 Å². The number of aryl methyl sites for hydroxylation is 2. The fourth-order valence-electron chi connectivity index (χ4n) is 3.53. The van der Waals surface area contributed by atoms with Crippen molar-refractivity contribution in [3.8, 4) is 0 Å². The molecule has 2 radical (unpaired) electrons. The molecule has 0 saturated carbocycles. The lowest BCUT2D eigenvalue weighted by Crippen LogP contribution is -2.31. The number of aromatic nitrogens is 3. The van der Waals surface area contributed by atoms with Crippen molar-refractivity contribution in [2.75, 3.05) is 16.8 Å². The van der Waals surface area contributed by atoms with E-state index in [0.717, 1.165) is 40.2 Å². The van der Waals surface area contributed by atoms with Crippen molar-refractivity contribution in [3.05, 3.63) is 24.1 Å². The minimum absolute atomic E-state index is 0.166. The van der Waals surface area contributed by atoms with Crippen molar-refractivity contribution in [2.45, 2.75) is 45.7 Å². The van der Waals surface area contributed by atoms with Gasteiger partial charge in [0.15, 0.2) is 5.65 Å². The van der Waals surface area contributed by atoms with E-state index in [1.165, 1.54) is 0 Å². The number of hydrogen-bond donors (Lipinski definition) is 3. The first kappa shape index (κ1) is 17.6. The number of nitrogens with zero attached hydrogens (tertiary/aromatic N) is 4. The maximum atomic E-state index is 9.88. The van der Waals surface area contributed by atoms with E-state index in [4.69, 9.17) is 4.84 Å². The maximum Gasteiger partial charge on any atom is 0.236 e. The molecule has 0 amide bonds. The highest BCUT2D eigenvalue weighted by Gasteiger charge is 2.27. The van der Waals surface area contributed by atoms with Crippen molar-refractivity contribution in [2.24, 2.45) is 5.16 Å². The summed E-state index contributed by atoms with van der Waals surface area (Å²) in [6.45, 7) is 7.51. The third kappa shape index (κ3) is 3.15. The van der Waals surface area contributed by atoms with Crippen molar-refractivity contribution in [1.82, 2.24) is 14.8 Å². The van der Waals surface area contributed by atoms with Gasteiger partial charge in [0.2, 0.25) is 6.61 Å². The molecule has 0 aromatic carbocycles. The highest BCUT2D eigenvalue weighted by molar-refractivity contribution is 8.24. The number of oxime groups is 1. The van der Waals surface area contributed by atoms with E-state index >= 15 is 0 Å². The minimum Gasteiger partial charge on any atom is -0.381 e. The van der Waals surface area contributed by atoms with Gasteiger partial charge in [-0.25, -0.2) is 9.67 Å². The summed E-state index contributed by atoms with van der Waals surface area (Å²) in [7, 11) is -2.41. The molecule has 0 unspecified atom stereocenters. The molecule has 140 valence electrons. The predicted octanol–water partition coefficient (Wildman–Crippen LogP) is 3.25. The van der Waals surface area contributed by atoms with Gasteiger partial charge in [-0.05, 0) is 26.7 Å². The molecule has 2 aromatic heterocycles. The number of fused-ring (bicyclic) bond motifs is 1. The molecule has 0 atom stereocenters. The Morgan fingerprint density at radius 2 is 2.15 bits per heavy atom. The first-order chi connectivity index (χ1) is 12.5. The highest BCUT2D eigenvalue weighted by atomic mass is 32.3. The van der Waals surface area contributed by atoms with Crippen LogP contribution >= 0.6 is 10.6 Å². The standard InChI is InChI=1S/C17H23N5O3S/c1-3-22-17-15(11(2)20-22)16(13(10-18-17)14-4-7-25-21-14)19-12-5-8-26(23,24)9-6-12/h10,12,23-24H,3-6,8-9H2,1-2H3,(H,18,19). The summed E-state index contributed by atoms with van der Waals surface area (Å²) in [5.74, 6) is 0.875. The van der Waals surface area contributed by atoms with E-state index in [-0.39, 0.29) is 6.04 Å². The van der Waals surface area contributed by atoms with Gasteiger partial charge < -0.3 is 10.2 Å². The number of rotatable bonds is 4. The molecule has 3 N–H and O–H groups in total. The number of anilines is 1. The number of hydrogen-bond acceptors (Lipinski definition) is 7. The first-order valence-corrected chi connectivity index (χ1v) is 10.7. The molecule has 2 aromatic rings. The van der Waals surface area contributed by atoms with Crippen LogP contribution in [0.15, 0.2) is 11.4 Å². The molecule has 0 spiro atoms. The first-order valence-electron chi connectivity index (χ1n) is 8.81. The van der Waals surface area contributed by atoms with Gasteiger partial charge in [-0.2, -0.15) is 15.7 Å². The molecule has 1 saturated heterocycles. The molecule has 1 fully saturated rings.